The minimum Gasteiger partial charge on any atom is -0.507 e. The normalized spacial score (nSPS) is 17.8. The number of aromatic hydroxyl groups is 1. The van der Waals surface area contributed by atoms with E-state index in [0.717, 1.165) is 16.0 Å². The van der Waals surface area contributed by atoms with Crippen LogP contribution in [0.25, 0.3) is 0 Å². The molecule has 2 amide bonds. The second-order valence-corrected chi connectivity index (χ2v) is 8.88. The lowest BCUT2D eigenvalue weighted by molar-refractivity contribution is -0.121. The zero-order chi connectivity index (χ0) is 19.1. The van der Waals surface area contributed by atoms with Crippen molar-refractivity contribution in [1.29, 1.82) is 0 Å². The topological polar surface area (TPSA) is 57.6 Å². The van der Waals surface area contributed by atoms with Crippen molar-refractivity contribution in [2.45, 2.75) is 49.7 Å². The number of imide groups is 1. The van der Waals surface area contributed by atoms with Gasteiger partial charge in [-0.1, -0.05) is 39.0 Å². The lowest BCUT2D eigenvalue weighted by atomic mass is 9.85. The summed E-state index contributed by atoms with van der Waals surface area (Å²) in [5.41, 5.74) is 2.02. The van der Waals surface area contributed by atoms with Crippen molar-refractivity contribution in [1.82, 2.24) is 0 Å². The highest BCUT2D eigenvalue weighted by Crippen LogP contribution is 2.40. The number of carbonyl (C=O) groups excluding carboxylic acids is 2. The molecule has 0 aromatic heterocycles. The van der Waals surface area contributed by atoms with Gasteiger partial charge in [0, 0.05) is 16.9 Å². The van der Waals surface area contributed by atoms with Crippen LogP contribution in [0.3, 0.4) is 0 Å². The van der Waals surface area contributed by atoms with Crippen LogP contribution in [-0.4, -0.2) is 22.2 Å². The van der Waals surface area contributed by atoms with E-state index in [2.05, 4.69) is 0 Å². The average Bonchev–Trinajstić information content (AvgIpc) is 2.84. The van der Waals surface area contributed by atoms with Crippen LogP contribution >= 0.6 is 11.8 Å². The fourth-order valence-corrected chi connectivity index (χ4v) is 4.29. The smallest absolute Gasteiger partial charge is 0.247 e. The predicted molar refractivity (Wildman–Crippen MR) is 105 cm³/mol. The molecule has 4 nitrogen and oxygen atoms in total. The molecule has 1 N–H and O–H groups in total. The summed E-state index contributed by atoms with van der Waals surface area (Å²) in [6.45, 7) is 7.97. The molecule has 0 saturated carbocycles. The van der Waals surface area contributed by atoms with Crippen LogP contribution in [0.1, 0.15) is 38.3 Å². The number of anilines is 1. The molecule has 0 radical (unpaired) electrons. The number of nitrogens with zero attached hydrogens (tertiary/aromatic N) is 1. The number of thioether (sulfide) groups is 1. The van der Waals surface area contributed by atoms with Gasteiger partial charge in [-0.15, -0.1) is 11.8 Å². The van der Waals surface area contributed by atoms with E-state index in [9.17, 15) is 14.7 Å². The van der Waals surface area contributed by atoms with Crippen LogP contribution in [0.15, 0.2) is 47.4 Å². The van der Waals surface area contributed by atoms with Crippen molar-refractivity contribution in [2.24, 2.45) is 0 Å². The van der Waals surface area contributed by atoms with Crippen molar-refractivity contribution >= 4 is 29.3 Å². The maximum absolute atomic E-state index is 12.8. The lowest BCUT2D eigenvalue weighted by Crippen LogP contribution is -2.31. The Balaban J connectivity index is 1.88. The SMILES string of the molecule is Cc1cc(SC2CC(=O)N(c3ccccc3)C2=O)cc(C(C)(C)C)c1O. The molecule has 136 valence electrons. The Labute approximate surface area is 158 Å². The zero-order valence-corrected chi connectivity index (χ0v) is 16.3. The molecule has 5 heteroatoms. The van der Waals surface area contributed by atoms with Crippen LogP contribution in [0.2, 0.25) is 0 Å². The van der Waals surface area contributed by atoms with Crippen LogP contribution in [-0.2, 0) is 15.0 Å². The lowest BCUT2D eigenvalue weighted by Gasteiger charge is -2.23. The molecule has 1 atom stereocenters. The maximum atomic E-state index is 12.8. The molecular weight excluding hydrogens is 346 g/mol. The van der Waals surface area contributed by atoms with Crippen LogP contribution in [0.4, 0.5) is 5.69 Å². The van der Waals surface area contributed by atoms with Gasteiger partial charge in [-0.25, -0.2) is 4.90 Å². The van der Waals surface area contributed by atoms with Gasteiger partial charge in [0.05, 0.1) is 10.9 Å². The maximum Gasteiger partial charge on any atom is 0.247 e. The first kappa shape index (κ1) is 18.5. The Bertz CT molecular complexity index is 856. The van der Waals surface area contributed by atoms with Crippen molar-refractivity contribution in [2.75, 3.05) is 4.90 Å². The minimum atomic E-state index is -0.445. The second-order valence-electron chi connectivity index (χ2n) is 7.60. The van der Waals surface area contributed by atoms with E-state index >= 15 is 0 Å². The largest absolute Gasteiger partial charge is 0.507 e. The van der Waals surface area contributed by atoms with Gasteiger partial charge in [-0.2, -0.15) is 0 Å². The first-order valence-corrected chi connectivity index (χ1v) is 9.49. The third-order valence-corrected chi connectivity index (χ3v) is 5.64. The Morgan fingerprint density at radius 1 is 1.12 bits per heavy atom. The summed E-state index contributed by atoms with van der Waals surface area (Å²) in [4.78, 5) is 27.3. The van der Waals surface area contributed by atoms with Gasteiger partial charge < -0.3 is 5.11 Å². The van der Waals surface area contributed by atoms with Crippen molar-refractivity contribution < 1.29 is 14.7 Å². The number of phenolic OH excluding ortho intramolecular Hbond substituents is 1. The molecule has 1 saturated heterocycles. The van der Waals surface area contributed by atoms with Gasteiger partial charge in [0.25, 0.3) is 0 Å². The fraction of sp³-hybridized carbons (Fsp3) is 0.333. The van der Waals surface area contributed by atoms with E-state index in [0.29, 0.717) is 11.4 Å². The molecular formula is C21H23NO3S. The molecule has 1 heterocycles. The van der Waals surface area contributed by atoms with Crippen LogP contribution in [0.5, 0.6) is 5.75 Å². The Morgan fingerprint density at radius 3 is 2.38 bits per heavy atom. The van der Waals surface area contributed by atoms with E-state index in [1.807, 2.05) is 58.0 Å². The fourth-order valence-electron chi connectivity index (χ4n) is 3.09. The molecule has 26 heavy (non-hydrogen) atoms. The highest BCUT2D eigenvalue weighted by molar-refractivity contribution is 8.00. The number of rotatable bonds is 3. The third kappa shape index (κ3) is 3.49. The number of amides is 2. The molecule has 0 spiro atoms. The third-order valence-electron chi connectivity index (χ3n) is 4.48. The number of benzene rings is 2. The quantitative estimate of drug-likeness (QED) is 0.814. The number of aryl methyl sites for hydroxylation is 1. The Kier molecular flexibility index (Phi) is 4.84. The van der Waals surface area contributed by atoms with E-state index < -0.39 is 5.25 Å². The van der Waals surface area contributed by atoms with E-state index in [1.165, 1.54) is 16.7 Å². The minimum absolute atomic E-state index is 0.176. The summed E-state index contributed by atoms with van der Waals surface area (Å²) in [7, 11) is 0. The molecule has 3 rings (SSSR count). The first-order valence-electron chi connectivity index (χ1n) is 8.61. The van der Waals surface area contributed by atoms with Gasteiger partial charge in [0.2, 0.25) is 11.8 Å². The molecule has 0 bridgehead atoms. The van der Waals surface area contributed by atoms with Crippen LogP contribution < -0.4 is 4.90 Å². The molecule has 1 aliphatic rings. The van der Waals surface area contributed by atoms with Crippen molar-refractivity contribution in [3.8, 4) is 5.75 Å². The second kappa shape index (κ2) is 6.80. The number of hydrogen-bond acceptors (Lipinski definition) is 4. The van der Waals surface area contributed by atoms with Gasteiger partial charge in [-0.05, 0) is 42.2 Å². The summed E-state index contributed by atoms with van der Waals surface area (Å²) in [5.74, 6) is -0.0685. The number of carbonyl (C=O) groups is 2. The van der Waals surface area contributed by atoms with Crippen LogP contribution in [0, 0.1) is 6.92 Å². The summed E-state index contributed by atoms with van der Waals surface area (Å²) in [6, 6.07) is 12.8. The molecule has 1 unspecified atom stereocenters. The van der Waals surface area contributed by atoms with Gasteiger partial charge >= 0.3 is 0 Å². The van der Waals surface area contributed by atoms with Crippen molar-refractivity contribution in [3.63, 3.8) is 0 Å². The Hall–Kier alpha value is -2.27. The summed E-state index contributed by atoms with van der Waals surface area (Å²) < 4.78 is 0. The highest BCUT2D eigenvalue weighted by Gasteiger charge is 2.40. The highest BCUT2D eigenvalue weighted by atomic mass is 32.2. The number of hydrogen-bond donors (Lipinski definition) is 1. The van der Waals surface area contributed by atoms with E-state index in [-0.39, 0.29) is 23.7 Å². The Morgan fingerprint density at radius 2 is 1.77 bits per heavy atom. The number of para-hydroxylation sites is 1. The number of phenols is 1. The van der Waals surface area contributed by atoms with Gasteiger partial charge in [0.1, 0.15) is 5.75 Å². The molecule has 0 aliphatic carbocycles. The standard InChI is InChI=1S/C21H23NO3S/c1-13-10-15(11-16(19(13)24)21(2,3)4)26-17-12-18(23)22(20(17)25)14-8-6-5-7-9-14/h5-11,17,24H,12H2,1-4H3. The average molecular weight is 369 g/mol. The van der Waals surface area contributed by atoms with E-state index in [1.54, 1.807) is 12.1 Å². The molecule has 2 aromatic carbocycles. The van der Waals surface area contributed by atoms with Crippen molar-refractivity contribution in [3.05, 3.63) is 53.6 Å². The van der Waals surface area contributed by atoms with Gasteiger partial charge in [0.15, 0.2) is 0 Å². The molecule has 1 fully saturated rings. The molecule has 1 aliphatic heterocycles. The monoisotopic (exact) mass is 369 g/mol. The summed E-state index contributed by atoms with van der Waals surface area (Å²) in [5, 5.41) is 9.92. The van der Waals surface area contributed by atoms with E-state index in [4.69, 9.17) is 0 Å². The van der Waals surface area contributed by atoms with Gasteiger partial charge in [-0.3, -0.25) is 9.59 Å². The predicted octanol–water partition coefficient (Wildman–Crippen LogP) is 4.42. The first-order chi connectivity index (χ1) is 12.2. The zero-order valence-electron chi connectivity index (χ0n) is 15.4. The molecule has 2 aromatic rings. The summed E-state index contributed by atoms with van der Waals surface area (Å²) >= 11 is 1.39. The summed E-state index contributed by atoms with van der Waals surface area (Å²) in [6.07, 6.45) is 0.184.